The van der Waals surface area contributed by atoms with E-state index in [2.05, 4.69) is 21.2 Å². The van der Waals surface area contributed by atoms with Crippen molar-refractivity contribution >= 4 is 39.1 Å². The Hall–Kier alpha value is -4.44. The highest BCUT2D eigenvalue weighted by Gasteiger charge is 2.43. The lowest BCUT2D eigenvalue weighted by molar-refractivity contribution is -0.384. The Morgan fingerprint density at radius 2 is 1.82 bits per heavy atom. The molecule has 198 valence electrons. The fourth-order valence-corrected chi connectivity index (χ4v) is 5.58. The van der Waals surface area contributed by atoms with Crippen LogP contribution in [0, 0.1) is 10.1 Å². The first-order chi connectivity index (χ1) is 18.7. The molecule has 10 heteroatoms. The van der Waals surface area contributed by atoms with Crippen LogP contribution in [0.5, 0.6) is 11.5 Å². The van der Waals surface area contributed by atoms with Crippen LogP contribution >= 0.6 is 15.9 Å². The maximum atomic E-state index is 13.6. The van der Waals surface area contributed by atoms with E-state index in [0.717, 1.165) is 5.56 Å². The average Bonchev–Trinajstić information content (AvgIpc) is 3.22. The van der Waals surface area contributed by atoms with E-state index in [4.69, 9.17) is 14.2 Å². The van der Waals surface area contributed by atoms with Gasteiger partial charge in [-0.15, -0.1) is 0 Å². The molecule has 0 spiro atoms. The van der Waals surface area contributed by atoms with Gasteiger partial charge in [0.25, 0.3) is 5.69 Å². The number of hydrogen-bond acceptors (Lipinski definition) is 8. The van der Waals surface area contributed by atoms with Crippen LogP contribution in [0.3, 0.4) is 0 Å². The van der Waals surface area contributed by atoms with E-state index in [-0.39, 0.29) is 18.1 Å². The summed E-state index contributed by atoms with van der Waals surface area (Å²) in [5.41, 5.74) is 4.52. The molecule has 1 atom stereocenters. The van der Waals surface area contributed by atoms with Crippen LogP contribution in [-0.4, -0.2) is 30.9 Å². The van der Waals surface area contributed by atoms with Gasteiger partial charge in [-0.05, 0) is 46.1 Å². The van der Waals surface area contributed by atoms with Crippen molar-refractivity contribution in [3.63, 3.8) is 0 Å². The maximum absolute atomic E-state index is 13.6. The first-order valence-electron chi connectivity index (χ1n) is 11.9. The number of non-ortho nitro benzene ring substituents is 1. The Kier molecular flexibility index (Phi) is 6.96. The topological polar surface area (TPSA) is 117 Å². The Labute approximate surface area is 232 Å². The molecule has 5 rings (SSSR count). The molecule has 0 amide bonds. The van der Waals surface area contributed by atoms with Gasteiger partial charge in [0.05, 0.1) is 34.9 Å². The zero-order valence-corrected chi connectivity index (χ0v) is 22.8. The number of nitrogens with one attached hydrogen (secondary N) is 1. The van der Waals surface area contributed by atoms with Crippen LogP contribution in [0.15, 0.2) is 82.0 Å². The molecule has 0 radical (unpaired) electrons. The quantitative estimate of drug-likeness (QED) is 0.212. The molecule has 1 N–H and O–H groups in total. The molecule has 3 aromatic rings. The van der Waals surface area contributed by atoms with Crippen LogP contribution < -0.4 is 14.8 Å². The van der Waals surface area contributed by atoms with Crippen molar-refractivity contribution in [3.05, 3.63) is 114 Å². The number of methoxy groups -OCH3 is 2. The zero-order chi connectivity index (χ0) is 27.8. The van der Waals surface area contributed by atoms with Gasteiger partial charge >= 0.3 is 5.97 Å². The van der Waals surface area contributed by atoms with Gasteiger partial charge in [0.15, 0.2) is 17.3 Å². The summed E-state index contributed by atoms with van der Waals surface area (Å²) in [7, 11) is 2.79. The van der Waals surface area contributed by atoms with Crippen LogP contribution in [0.2, 0.25) is 0 Å². The fraction of sp³-hybridized carbons (Fsp3) is 0.172. The van der Waals surface area contributed by atoms with Gasteiger partial charge in [0.2, 0.25) is 0 Å². The van der Waals surface area contributed by atoms with Crippen LogP contribution in [0.4, 0.5) is 5.69 Å². The standard InChI is InChI=1S/C29H23BrN2O7/c1-15-23(29(34)38-3)24(25-26(31-15)19-9-4-5-10-20(19)27(25)33)17-12-21(30)28(22(13-17)37-2)39-14-16-7-6-8-18(11-16)32(35)36/h4-13,24,31H,14H2,1-3H3/t24-/m0/s1. The molecule has 0 unspecified atom stereocenters. The van der Waals surface area contributed by atoms with Crippen LogP contribution in [0.1, 0.15) is 39.9 Å². The largest absolute Gasteiger partial charge is 0.493 e. The van der Waals surface area contributed by atoms with E-state index < -0.39 is 16.8 Å². The lowest BCUT2D eigenvalue weighted by Gasteiger charge is -2.29. The first-order valence-corrected chi connectivity index (χ1v) is 12.7. The van der Waals surface area contributed by atoms with Crippen molar-refractivity contribution in [1.82, 2.24) is 5.32 Å². The summed E-state index contributed by atoms with van der Waals surface area (Å²) in [4.78, 5) is 37.3. The number of nitro benzene ring substituents is 1. The van der Waals surface area contributed by atoms with Gasteiger partial charge < -0.3 is 19.5 Å². The first kappa shape index (κ1) is 26.2. The zero-order valence-electron chi connectivity index (χ0n) is 21.2. The number of ketones is 1. The molecule has 0 fully saturated rings. The van der Waals surface area contributed by atoms with E-state index in [1.807, 2.05) is 12.1 Å². The molecule has 0 saturated heterocycles. The van der Waals surface area contributed by atoms with E-state index in [9.17, 15) is 19.7 Å². The number of fused-ring (bicyclic) bond motifs is 2. The van der Waals surface area contributed by atoms with Gasteiger partial charge in [0, 0.05) is 40.4 Å². The number of ether oxygens (including phenoxy) is 3. The van der Waals surface area contributed by atoms with E-state index in [1.165, 1.54) is 26.4 Å². The number of nitro groups is 1. The highest BCUT2D eigenvalue weighted by atomic mass is 79.9. The number of carbonyl (C=O) groups is 2. The van der Waals surface area contributed by atoms with Crippen LogP contribution in [0.25, 0.3) is 5.70 Å². The molecule has 2 aliphatic rings. The Bertz CT molecular complexity index is 1610. The summed E-state index contributed by atoms with van der Waals surface area (Å²) in [5, 5.41) is 14.4. The second-order valence-electron chi connectivity index (χ2n) is 9.00. The van der Waals surface area contributed by atoms with Gasteiger partial charge in [-0.3, -0.25) is 14.9 Å². The van der Waals surface area contributed by atoms with Crippen molar-refractivity contribution < 1.29 is 28.7 Å². The fourth-order valence-electron chi connectivity index (χ4n) is 5.00. The minimum absolute atomic E-state index is 0.0350. The van der Waals surface area contributed by atoms with E-state index in [0.29, 0.717) is 55.2 Å². The second kappa shape index (κ2) is 10.4. The molecule has 1 aliphatic carbocycles. The molecule has 9 nitrogen and oxygen atoms in total. The Morgan fingerprint density at radius 3 is 2.51 bits per heavy atom. The van der Waals surface area contributed by atoms with E-state index in [1.54, 1.807) is 43.3 Å². The lowest BCUT2D eigenvalue weighted by Crippen LogP contribution is -2.29. The van der Waals surface area contributed by atoms with Gasteiger partial charge in [-0.2, -0.15) is 0 Å². The third kappa shape index (κ3) is 4.57. The van der Waals surface area contributed by atoms with Gasteiger partial charge in [0.1, 0.15) is 6.61 Å². The number of Topliss-reactive ketones (excluding diaryl/α,β-unsaturated/α-hetero) is 1. The second-order valence-corrected chi connectivity index (χ2v) is 9.86. The van der Waals surface area contributed by atoms with Crippen molar-refractivity contribution in [2.45, 2.75) is 19.4 Å². The molecular weight excluding hydrogens is 568 g/mol. The predicted octanol–water partition coefficient (Wildman–Crippen LogP) is 5.69. The maximum Gasteiger partial charge on any atom is 0.336 e. The summed E-state index contributed by atoms with van der Waals surface area (Å²) in [6, 6.07) is 17.0. The number of rotatable bonds is 7. The minimum Gasteiger partial charge on any atom is -0.493 e. The number of hydrogen-bond donors (Lipinski definition) is 1. The number of halogens is 1. The molecule has 0 aromatic heterocycles. The number of carbonyl (C=O) groups excluding carboxylic acids is 2. The summed E-state index contributed by atoms with van der Waals surface area (Å²) in [6.45, 7) is 1.83. The number of esters is 1. The summed E-state index contributed by atoms with van der Waals surface area (Å²) >= 11 is 3.56. The van der Waals surface area contributed by atoms with Crippen molar-refractivity contribution in [3.8, 4) is 11.5 Å². The van der Waals surface area contributed by atoms with E-state index >= 15 is 0 Å². The third-order valence-electron chi connectivity index (χ3n) is 6.74. The van der Waals surface area contributed by atoms with Crippen molar-refractivity contribution in [1.29, 1.82) is 0 Å². The molecule has 39 heavy (non-hydrogen) atoms. The summed E-state index contributed by atoms with van der Waals surface area (Å²) < 4.78 is 17.3. The molecule has 0 bridgehead atoms. The van der Waals surface area contributed by atoms with Gasteiger partial charge in [-0.25, -0.2) is 4.79 Å². The van der Waals surface area contributed by atoms with Crippen LogP contribution in [-0.2, 0) is 16.1 Å². The highest BCUT2D eigenvalue weighted by molar-refractivity contribution is 9.10. The molecule has 1 aliphatic heterocycles. The van der Waals surface area contributed by atoms with Gasteiger partial charge in [-0.1, -0.05) is 36.4 Å². The number of benzene rings is 3. The lowest BCUT2D eigenvalue weighted by atomic mass is 9.79. The Balaban J connectivity index is 1.58. The molecule has 3 aromatic carbocycles. The number of dihydropyridines is 1. The number of nitrogens with zero attached hydrogens (tertiary/aromatic N) is 1. The number of allylic oxidation sites excluding steroid dienone is 2. The van der Waals surface area contributed by atoms with Crippen molar-refractivity contribution in [2.24, 2.45) is 0 Å². The molecular formula is C29H23BrN2O7. The predicted molar refractivity (Wildman–Crippen MR) is 146 cm³/mol. The average molecular weight is 591 g/mol. The summed E-state index contributed by atoms with van der Waals surface area (Å²) in [6.07, 6.45) is 0. The molecule has 0 saturated carbocycles. The molecule has 1 heterocycles. The normalized spacial score (nSPS) is 15.9. The minimum atomic E-state index is -0.732. The summed E-state index contributed by atoms with van der Waals surface area (Å²) in [5.74, 6) is -0.730. The Morgan fingerprint density at radius 1 is 1.08 bits per heavy atom. The highest BCUT2D eigenvalue weighted by Crippen LogP contribution is 2.49. The third-order valence-corrected chi connectivity index (χ3v) is 7.33. The monoisotopic (exact) mass is 590 g/mol. The smallest absolute Gasteiger partial charge is 0.336 e. The SMILES string of the molecule is COC(=O)C1=C(C)NC2=C(C(=O)c3ccccc32)[C@H]1c1cc(Br)c(OCc2cccc([N+](=O)[O-])c2)c(OC)c1. The van der Waals surface area contributed by atoms with Crippen molar-refractivity contribution in [2.75, 3.05) is 14.2 Å².